The monoisotopic (exact) mass is 902 g/mol. The summed E-state index contributed by atoms with van der Waals surface area (Å²) < 4.78 is 55.2. The molecule has 3 amide bonds. The molecule has 1 heterocycles. The molecule has 346 valence electrons. The standard InChI is InChI=1S/C47H70N4O9S.ClH/c1-6-9-10-11-12-13-14-15-16-17-18-19-27-38(25-7-2)49-61(55,56)43-31-24-26-37(44(43)58-5)35-40(32-34-59-46(48)53)60-47(54)51(36-39-28-22-23-33-50(39)8-3)45(52)41-29-20-21-30-42(41)57-4;/h20-24,26,28-31,33,38,40,49H,6-19,25,27,32,34-36H2,1-5H3,(H-,48,53);1H. The number of imide groups is 1. The van der Waals surface area contributed by atoms with Gasteiger partial charge in [0.1, 0.15) is 35.6 Å². The number of aryl methyl sites for hydroxylation is 1. The third kappa shape index (κ3) is 18.1. The minimum atomic E-state index is -4.04. The molecule has 2 unspecified atom stereocenters. The number of nitrogens with zero attached hydrogens (tertiary/aromatic N) is 2. The second kappa shape index (κ2) is 29.8. The zero-order chi connectivity index (χ0) is 44.5. The second-order valence-electron chi connectivity index (χ2n) is 15.5. The molecule has 0 aliphatic rings. The molecular weight excluding hydrogens is 832 g/mol. The number of halogens is 1. The minimum absolute atomic E-state index is 0. The molecule has 13 nitrogen and oxygen atoms in total. The van der Waals surface area contributed by atoms with Crippen LogP contribution in [-0.4, -0.2) is 64.4 Å². The molecule has 0 spiro atoms. The van der Waals surface area contributed by atoms with E-state index in [0.717, 1.165) is 37.0 Å². The summed E-state index contributed by atoms with van der Waals surface area (Å²) in [4.78, 5) is 40.9. The predicted octanol–water partition coefficient (Wildman–Crippen LogP) is 6.43. The summed E-state index contributed by atoms with van der Waals surface area (Å²) in [7, 11) is -1.21. The molecule has 3 aromatic rings. The molecule has 0 saturated carbocycles. The largest absolute Gasteiger partial charge is 1.00 e. The van der Waals surface area contributed by atoms with Crippen LogP contribution in [0.3, 0.4) is 0 Å². The van der Waals surface area contributed by atoms with E-state index in [1.807, 2.05) is 42.8 Å². The maximum Gasteiger partial charge on any atom is 0.417 e. The topological polar surface area (TPSA) is 167 Å². The second-order valence-corrected chi connectivity index (χ2v) is 17.2. The molecule has 62 heavy (non-hydrogen) atoms. The lowest BCUT2D eigenvalue weighted by Gasteiger charge is -2.25. The molecule has 3 N–H and O–H groups in total. The number of pyridine rings is 1. The van der Waals surface area contributed by atoms with Gasteiger partial charge in [-0.2, -0.15) is 0 Å². The van der Waals surface area contributed by atoms with Crippen LogP contribution >= 0.6 is 0 Å². The van der Waals surface area contributed by atoms with E-state index in [-0.39, 0.29) is 66.4 Å². The van der Waals surface area contributed by atoms with Crippen LogP contribution in [0.1, 0.15) is 145 Å². The molecule has 0 aliphatic carbocycles. The molecule has 3 rings (SSSR count). The number of hydrogen-bond donors (Lipinski definition) is 2. The summed E-state index contributed by atoms with van der Waals surface area (Å²) in [5.41, 5.74) is 6.52. The van der Waals surface area contributed by atoms with Crippen LogP contribution in [0.4, 0.5) is 9.59 Å². The van der Waals surface area contributed by atoms with Crippen LogP contribution in [0.2, 0.25) is 0 Å². The molecule has 0 radical (unpaired) electrons. The van der Waals surface area contributed by atoms with Gasteiger partial charge in [0.2, 0.25) is 15.7 Å². The summed E-state index contributed by atoms with van der Waals surface area (Å²) in [6.07, 6.45) is 15.9. The lowest BCUT2D eigenvalue weighted by atomic mass is 10.0. The molecule has 2 atom stereocenters. The van der Waals surface area contributed by atoms with E-state index in [4.69, 9.17) is 24.7 Å². The molecule has 15 heteroatoms. The van der Waals surface area contributed by atoms with Crippen LogP contribution < -0.4 is 36.9 Å². The van der Waals surface area contributed by atoms with Crippen molar-refractivity contribution in [3.63, 3.8) is 0 Å². The highest BCUT2D eigenvalue weighted by Crippen LogP contribution is 2.31. The van der Waals surface area contributed by atoms with Crippen LogP contribution in [-0.2, 0) is 39.0 Å². The normalized spacial score (nSPS) is 12.1. The first-order valence-corrected chi connectivity index (χ1v) is 23.7. The maximum atomic E-state index is 14.2. The van der Waals surface area contributed by atoms with Crippen LogP contribution in [0.15, 0.2) is 71.8 Å². The lowest BCUT2D eigenvalue weighted by molar-refractivity contribution is -0.701. The predicted molar refractivity (Wildman–Crippen MR) is 237 cm³/mol. The number of primary amides is 1. The number of unbranched alkanes of at least 4 members (excludes halogenated alkanes) is 11. The quantitative estimate of drug-likeness (QED) is 0.0567. The fraction of sp³-hybridized carbons (Fsp3) is 0.574. The van der Waals surface area contributed by atoms with Crippen molar-refractivity contribution in [2.75, 3.05) is 20.8 Å². The van der Waals surface area contributed by atoms with Gasteiger partial charge in [-0.3, -0.25) is 4.79 Å². The van der Waals surface area contributed by atoms with Crippen molar-refractivity contribution < 1.29 is 58.7 Å². The minimum Gasteiger partial charge on any atom is -1.00 e. The van der Waals surface area contributed by atoms with Gasteiger partial charge in [0.25, 0.3) is 5.91 Å². The van der Waals surface area contributed by atoms with Crippen molar-refractivity contribution in [1.29, 1.82) is 0 Å². The Kier molecular flexibility index (Phi) is 25.8. The lowest BCUT2D eigenvalue weighted by Crippen LogP contribution is -3.00. The van der Waals surface area contributed by atoms with Gasteiger partial charge in [0, 0.05) is 31.0 Å². The van der Waals surface area contributed by atoms with E-state index in [0.29, 0.717) is 24.2 Å². The first-order chi connectivity index (χ1) is 29.5. The number of para-hydroxylation sites is 2. The Balaban J connectivity index is 0.0000132. The van der Waals surface area contributed by atoms with Gasteiger partial charge < -0.3 is 37.1 Å². The van der Waals surface area contributed by atoms with Crippen LogP contribution in [0.25, 0.3) is 0 Å². The van der Waals surface area contributed by atoms with Crippen LogP contribution in [0.5, 0.6) is 11.5 Å². The van der Waals surface area contributed by atoms with E-state index >= 15 is 0 Å². The number of amides is 3. The third-order valence-corrected chi connectivity index (χ3v) is 12.4. The van der Waals surface area contributed by atoms with Gasteiger partial charge in [0.05, 0.1) is 26.4 Å². The number of benzene rings is 2. The summed E-state index contributed by atoms with van der Waals surface area (Å²) in [5, 5.41) is 0. The fourth-order valence-electron chi connectivity index (χ4n) is 7.55. The Morgan fingerprint density at radius 3 is 2.02 bits per heavy atom. The highest BCUT2D eigenvalue weighted by molar-refractivity contribution is 7.89. The molecule has 1 aromatic heterocycles. The number of methoxy groups -OCH3 is 2. The molecule has 0 bridgehead atoms. The van der Waals surface area contributed by atoms with Crippen LogP contribution in [0, 0.1) is 0 Å². The summed E-state index contributed by atoms with van der Waals surface area (Å²) in [5.74, 6) is -0.273. The highest BCUT2D eigenvalue weighted by atomic mass is 35.5. The van der Waals surface area contributed by atoms with Crippen molar-refractivity contribution in [3.8, 4) is 11.5 Å². The van der Waals surface area contributed by atoms with E-state index in [1.165, 1.54) is 78.1 Å². The number of nitrogens with two attached hydrogens (primary N) is 1. The summed E-state index contributed by atoms with van der Waals surface area (Å²) in [6.45, 7) is 6.48. The number of nitrogens with one attached hydrogen (secondary N) is 1. The molecule has 0 aliphatic heterocycles. The summed E-state index contributed by atoms with van der Waals surface area (Å²) in [6, 6.07) is 16.6. The number of rotatable bonds is 30. The average molecular weight is 904 g/mol. The van der Waals surface area contributed by atoms with E-state index < -0.39 is 34.2 Å². The zero-order valence-electron chi connectivity index (χ0n) is 37.6. The average Bonchev–Trinajstić information content (AvgIpc) is 3.25. The molecule has 0 saturated heterocycles. The smallest absolute Gasteiger partial charge is 0.417 e. The maximum absolute atomic E-state index is 14.2. The number of sulfonamides is 1. The fourth-order valence-corrected chi connectivity index (χ4v) is 9.07. The zero-order valence-corrected chi connectivity index (χ0v) is 39.2. The highest BCUT2D eigenvalue weighted by Gasteiger charge is 2.32. The first kappa shape index (κ1) is 53.7. The molecular formula is C47H71ClN4O9S. The van der Waals surface area contributed by atoms with Crippen molar-refractivity contribution >= 4 is 28.1 Å². The number of aromatic nitrogens is 1. The van der Waals surface area contributed by atoms with Gasteiger partial charge in [-0.1, -0.05) is 128 Å². The van der Waals surface area contributed by atoms with E-state index in [2.05, 4.69) is 11.6 Å². The van der Waals surface area contributed by atoms with E-state index in [9.17, 15) is 22.8 Å². The number of ether oxygens (including phenoxy) is 4. The third-order valence-electron chi connectivity index (χ3n) is 10.8. The van der Waals surface area contributed by atoms with Gasteiger partial charge in [-0.15, -0.1) is 0 Å². The molecule has 2 aromatic carbocycles. The van der Waals surface area contributed by atoms with Gasteiger partial charge in [-0.05, 0) is 43.5 Å². The van der Waals surface area contributed by atoms with E-state index in [1.54, 1.807) is 36.4 Å². The number of hydrogen-bond acceptors (Lipinski definition) is 9. The Hall–Kier alpha value is -4.40. The molecule has 0 fully saturated rings. The Morgan fingerprint density at radius 2 is 1.40 bits per heavy atom. The van der Waals surface area contributed by atoms with Crippen molar-refractivity contribution in [1.82, 2.24) is 9.62 Å². The Bertz CT molecular complexity index is 1900. The van der Waals surface area contributed by atoms with Crippen molar-refractivity contribution in [2.45, 2.75) is 160 Å². The van der Waals surface area contributed by atoms with Crippen molar-refractivity contribution in [2.24, 2.45) is 5.73 Å². The number of carbonyl (C=O) groups excluding carboxylic acids is 3. The Labute approximate surface area is 376 Å². The summed E-state index contributed by atoms with van der Waals surface area (Å²) >= 11 is 0. The van der Waals surface area contributed by atoms with Gasteiger partial charge >= 0.3 is 12.2 Å². The van der Waals surface area contributed by atoms with Gasteiger partial charge in [-0.25, -0.2) is 32.2 Å². The van der Waals surface area contributed by atoms with Crippen molar-refractivity contribution in [3.05, 3.63) is 83.7 Å². The Morgan fingerprint density at radius 1 is 0.758 bits per heavy atom. The SMILES string of the molecule is CCCCCCCCCCCCCCC(CCC)NS(=O)(=O)c1cccc(CC(CCOC(N)=O)OC(=O)N(Cc2cccc[n+]2CC)C(=O)c2ccccc2OC)c1OC.[Cl-]. The number of carbonyl (C=O) groups is 3. The first-order valence-electron chi connectivity index (χ1n) is 22.2. The van der Waals surface area contributed by atoms with Gasteiger partial charge in [0.15, 0.2) is 6.20 Å².